The van der Waals surface area contributed by atoms with Crippen molar-refractivity contribution in [3.05, 3.63) is 36.0 Å². The van der Waals surface area contributed by atoms with Crippen LogP contribution >= 0.6 is 11.6 Å². The molecule has 1 aromatic carbocycles. The van der Waals surface area contributed by atoms with E-state index in [1.54, 1.807) is 0 Å². The second-order valence-electron chi connectivity index (χ2n) is 4.32. The number of benzene rings is 1. The molecule has 3 rings (SSSR count). The highest BCUT2D eigenvalue weighted by atomic mass is 35.5. The van der Waals surface area contributed by atoms with Crippen molar-refractivity contribution in [3.63, 3.8) is 0 Å². The van der Waals surface area contributed by atoms with Gasteiger partial charge in [-0.25, -0.2) is 10.9 Å². The molecule has 1 fully saturated rings. The maximum Gasteiger partial charge on any atom is 0.311 e. The van der Waals surface area contributed by atoms with Crippen LogP contribution in [0.4, 0.5) is 0 Å². The van der Waals surface area contributed by atoms with E-state index >= 15 is 0 Å². The zero-order valence-electron chi connectivity index (χ0n) is 9.35. The number of para-hydroxylation sites is 1. The Morgan fingerprint density at radius 1 is 1.28 bits per heavy atom. The van der Waals surface area contributed by atoms with Gasteiger partial charge in [0.25, 0.3) is 0 Å². The summed E-state index contributed by atoms with van der Waals surface area (Å²) in [7, 11) is 0. The molecular formula is C12H12ClN3O2. The number of hydrogen-bond donors (Lipinski definition) is 4. The van der Waals surface area contributed by atoms with Gasteiger partial charge in [-0.05, 0) is 11.6 Å². The van der Waals surface area contributed by atoms with Crippen LogP contribution in [0, 0.1) is 5.92 Å². The standard InChI is InChI=1S/C12H12ClN3O2/c13-11-9(12(17)18)10(15-16-11)7-5-14-8-4-2-1-3-6(7)8/h1-5,9-11,14-16H,(H,17,18). The lowest BCUT2D eigenvalue weighted by Gasteiger charge is -2.15. The van der Waals surface area contributed by atoms with Crippen molar-refractivity contribution in [2.24, 2.45) is 5.92 Å². The maximum atomic E-state index is 11.3. The molecule has 0 radical (unpaired) electrons. The number of fused-ring (bicyclic) bond motifs is 1. The van der Waals surface area contributed by atoms with Crippen molar-refractivity contribution in [1.82, 2.24) is 15.8 Å². The molecule has 1 saturated heterocycles. The first kappa shape index (κ1) is 11.5. The molecule has 3 unspecified atom stereocenters. The van der Waals surface area contributed by atoms with Crippen LogP contribution < -0.4 is 10.9 Å². The molecule has 0 spiro atoms. The number of hydrazine groups is 1. The summed E-state index contributed by atoms with van der Waals surface area (Å²) in [6, 6.07) is 7.43. The quantitative estimate of drug-likeness (QED) is 0.491. The number of halogens is 1. The molecule has 5 nitrogen and oxygen atoms in total. The Bertz CT molecular complexity index is 598. The molecule has 3 atom stereocenters. The molecule has 0 bridgehead atoms. The Hall–Kier alpha value is -1.56. The lowest BCUT2D eigenvalue weighted by molar-refractivity contribution is -0.141. The Kier molecular flexibility index (Phi) is 2.74. The van der Waals surface area contributed by atoms with Crippen LogP contribution in [0.15, 0.2) is 30.5 Å². The minimum atomic E-state index is -0.914. The van der Waals surface area contributed by atoms with Crippen molar-refractivity contribution in [2.75, 3.05) is 0 Å². The molecule has 4 N–H and O–H groups in total. The van der Waals surface area contributed by atoms with E-state index in [1.165, 1.54) is 0 Å². The monoisotopic (exact) mass is 265 g/mol. The predicted molar refractivity (Wildman–Crippen MR) is 68.1 cm³/mol. The number of aromatic nitrogens is 1. The van der Waals surface area contributed by atoms with Gasteiger partial charge in [-0.3, -0.25) is 4.79 Å². The topological polar surface area (TPSA) is 77.2 Å². The van der Waals surface area contributed by atoms with Gasteiger partial charge in [-0.1, -0.05) is 18.2 Å². The van der Waals surface area contributed by atoms with Crippen LogP contribution in [0.2, 0.25) is 0 Å². The Balaban J connectivity index is 2.06. The molecule has 0 saturated carbocycles. The summed E-state index contributed by atoms with van der Waals surface area (Å²) in [6.07, 6.45) is 1.83. The third-order valence-corrected chi connectivity index (χ3v) is 3.67. The Labute approximate surface area is 108 Å². The summed E-state index contributed by atoms with van der Waals surface area (Å²) in [5.41, 5.74) is 6.99. The van der Waals surface area contributed by atoms with E-state index in [0.29, 0.717) is 0 Å². The second kappa shape index (κ2) is 4.28. The van der Waals surface area contributed by atoms with E-state index in [-0.39, 0.29) is 6.04 Å². The number of nitrogens with one attached hydrogen (secondary N) is 3. The SMILES string of the molecule is O=C(O)C1C(Cl)NNC1c1c[nH]c2ccccc12. The van der Waals surface area contributed by atoms with Gasteiger partial charge in [-0.2, -0.15) is 0 Å². The van der Waals surface area contributed by atoms with Gasteiger partial charge in [0, 0.05) is 17.1 Å². The molecule has 94 valence electrons. The van der Waals surface area contributed by atoms with Crippen molar-refractivity contribution in [1.29, 1.82) is 0 Å². The van der Waals surface area contributed by atoms with E-state index in [0.717, 1.165) is 16.5 Å². The van der Waals surface area contributed by atoms with E-state index < -0.39 is 17.4 Å². The molecule has 2 aromatic rings. The number of carboxylic acids is 1. The predicted octanol–water partition coefficient (Wildman–Crippen LogP) is 1.58. The highest BCUT2D eigenvalue weighted by molar-refractivity contribution is 6.22. The van der Waals surface area contributed by atoms with Gasteiger partial charge in [0.05, 0.1) is 6.04 Å². The summed E-state index contributed by atoms with van der Waals surface area (Å²) >= 11 is 5.97. The molecule has 1 aromatic heterocycles. The average molecular weight is 266 g/mol. The number of hydrogen-bond acceptors (Lipinski definition) is 3. The van der Waals surface area contributed by atoms with Crippen LogP contribution in [0.1, 0.15) is 11.6 Å². The molecule has 6 heteroatoms. The molecule has 1 aliphatic heterocycles. The van der Waals surface area contributed by atoms with Crippen LogP contribution in [-0.2, 0) is 4.79 Å². The number of aliphatic carboxylic acids is 1. The first-order valence-electron chi connectivity index (χ1n) is 5.62. The van der Waals surface area contributed by atoms with E-state index in [4.69, 9.17) is 11.6 Å². The Morgan fingerprint density at radius 2 is 2.06 bits per heavy atom. The van der Waals surface area contributed by atoms with Crippen LogP contribution in [0.25, 0.3) is 10.9 Å². The van der Waals surface area contributed by atoms with Crippen LogP contribution in [-0.4, -0.2) is 21.6 Å². The number of carbonyl (C=O) groups is 1. The normalized spacial score (nSPS) is 27.7. The molecule has 1 aliphatic rings. The van der Waals surface area contributed by atoms with Gasteiger partial charge in [-0.15, -0.1) is 11.6 Å². The number of carboxylic acid groups (broad SMARTS) is 1. The van der Waals surface area contributed by atoms with Crippen molar-refractivity contribution in [3.8, 4) is 0 Å². The molecule has 0 aliphatic carbocycles. The number of rotatable bonds is 2. The largest absolute Gasteiger partial charge is 0.481 e. The lowest BCUT2D eigenvalue weighted by Crippen LogP contribution is -2.28. The van der Waals surface area contributed by atoms with Crippen LogP contribution in [0.5, 0.6) is 0 Å². The summed E-state index contributed by atoms with van der Waals surface area (Å²) < 4.78 is 0. The highest BCUT2D eigenvalue weighted by Crippen LogP contribution is 2.34. The lowest BCUT2D eigenvalue weighted by atomic mass is 9.94. The highest BCUT2D eigenvalue weighted by Gasteiger charge is 2.41. The summed E-state index contributed by atoms with van der Waals surface area (Å²) in [5, 5.41) is 10.3. The number of H-pyrrole nitrogens is 1. The zero-order chi connectivity index (χ0) is 12.7. The molecule has 0 amide bonds. The minimum Gasteiger partial charge on any atom is -0.481 e. The second-order valence-corrected chi connectivity index (χ2v) is 4.79. The van der Waals surface area contributed by atoms with Crippen molar-refractivity contribution in [2.45, 2.75) is 11.5 Å². The fourth-order valence-corrected chi connectivity index (χ4v) is 2.72. The Morgan fingerprint density at radius 3 is 2.83 bits per heavy atom. The first-order chi connectivity index (χ1) is 8.68. The average Bonchev–Trinajstić information content (AvgIpc) is 2.92. The van der Waals surface area contributed by atoms with Gasteiger partial charge in [0.15, 0.2) is 0 Å². The maximum absolute atomic E-state index is 11.3. The van der Waals surface area contributed by atoms with Gasteiger partial charge in [0.1, 0.15) is 11.4 Å². The fraction of sp³-hybridized carbons (Fsp3) is 0.250. The smallest absolute Gasteiger partial charge is 0.311 e. The van der Waals surface area contributed by atoms with Gasteiger partial charge < -0.3 is 10.1 Å². The molecule has 2 heterocycles. The minimum absolute atomic E-state index is 0.346. The van der Waals surface area contributed by atoms with Crippen molar-refractivity contribution < 1.29 is 9.90 Å². The third-order valence-electron chi connectivity index (χ3n) is 3.29. The summed E-state index contributed by atoms with van der Waals surface area (Å²) in [6.45, 7) is 0. The molecular weight excluding hydrogens is 254 g/mol. The zero-order valence-corrected chi connectivity index (χ0v) is 10.1. The van der Waals surface area contributed by atoms with Crippen molar-refractivity contribution >= 4 is 28.5 Å². The van der Waals surface area contributed by atoms with E-state index in [1.807, 2.05) is 30.5 Å². The number of aromatic amines is 1. The third kappa shape index (κ3) is 1.68. The summed E-state index contributed by atoms with van der Waals surface area (Å²) in [4.78, 5) is 14.4. The fourth-order valence-electron chi connectivity index (χ4n) is 2.41. The van der Waals surface area contributed by atoms with Gasteiger partial charge >= 0.3 is 5.97 Å². The molecule has 18 heavy (non-hydrogen) atoms. The summed E-state index contributed by atoms with van der Waals surface area (Å²) in [5.74, 6) is -1.62. The number of alkyl halides is 1. The van der Waals surface area contributed by atoms with Gasteiger partial charge in [0.2, 0.25) is 0 Å². The van der Waals surface area contributed by atoms with E-state index in [9.17, 15) is 9.90 Å². The van der Waals surface area contributed by atoms with Crippen LogP contribution in [0.3, 0.4) is 0 Å². The first-order valence-corrected chi connectivity index (χ1v) is 6.06. The van der Waals surface area contributed by atoms with E-state index in [2.05, 4.69) is 15.8 Å².